The van der Waals surface area contributed by atoms with E-state index in [1.54, 1.807) is 18.2 Å². The average molecular weight is 539 g/mol. The van der Waals surface area contributed by atoms with E-state index in [4.69, 9.17) is 28.1 Å². The summed E-state index contributed by atoms with van der Waals surface area (Å²) in [6.45, 7) is 15.2. The van der Waals surface area contributed by atoms with Crippen LogP contribution in [0.5, 0.6) is 5.75 Å². The third-order valence-corrected chi connectivity index (χ3v) is 10.7. The van der Waals surface area contributed by atoms with E-state index >= 15 is 0 Å². The molecule has 0 spiro atoms. The molecule has 1 aliphatic rings. The van der Waals surface area contributed by atoms with E-state index in [1.165, 1.54) is 27.7 Å². The fourth-order valence-corrected chi connectivity index (χ4v) is 4.72. The third kappa shape index (κ3) is 8.29. The second-order valence-corrected chi connectivity index (χ2v) is 15.3. The topological polar surface area (TPSA) is 124 Å². The molecule has 0 unspecified atom stereocenters. The van der Waals surface area contributed by atoms with Gasteiger partial charge in [0.05, 0.1) is 0 Å². The van der Waals surface area contributed by atoms with Gasteiger partial charge in [-0.25, -0.2) is 0 Å². The van der Waals surface area contributed by atoms with Crippen molar-refractivity contribution < 1.29 is 47.3 Å². The summed E-state index contributed by atoms with van der Waals surface area (Å²) in [5, 5.41) is -0.0442. The van der Waals surface area contributed by atoms with Crippen molar-refractivity contribution in [3.05, 3.63) is 29.8 Å². The van der Waals surface area contributed by atoms with E-state index in [2.05, 4.69) is 33.9 Å². The summed E-state index contributed by atoms with van der Waals surface area (Å²) in [6, 6.07) is 7.16. The molecule has 1 aromatic carbocycles. The minimum Gasteiger partial charge on any atom is -0.543 e. The molecular formula is C26H38O10Si. The number of hydrogen-bond acceptors (Lipinski definition) is 10. The minimum absolute atomic E-state index is 0.0442. The zero-order valence-corrected chi connectivity index (χ0v) is 24.0. The lowest BCUT2D eigenvalue weighted by Gasteiger charge is -2.44. The molecule has 10 nitrogen and oxygen atoms in total. The highest BCUT2D eigenvalue weighted by Crippen LogP contribution is 2.41. The Morgan fingerprint density at radius 2 is 1.38 bits per heavy atom. The van der Waals surface area contributed by atoms with Crippen molar-refractivity contribution in [1.82, 2.24) is 0 Å². The first-order valence-corrected chi connectivity index (χ1v) is 15.0. The third-order valence-electron chi connectivity index (χ3n) is 6.36. The summed E-state index contributed by atoms with van der Waals surface area (Å²) < 4.78 is 34.4. The van der Waals surface area contributed by atoms with E-state index in [-0.39, 0.29) is 11.6 Å². The van der Waals surface area contributed by atoms with Crippen LogP contribution in [0.1, 0.15) is 60.1 Å². The summed E-state index contributed by atoms with van der Waals surface area (Å²) in [5.74, 6) is -1.97. The van der Waals surface area contributed by atoms with Crippen molar-refractivity contribution in [2.45, 2.75) is 97.1 Å². The van der Waals surface area contributed by atoms with Crippen LogP contribution >= 0.6 is 0 Å². The first kappa shape index (κ1) is 30.3. The highest BCUT2D eigenvalue weighted by Gasteiger charge is 2.52. The normalized spacial score (nSPS) is 24.0. The molecule has 0 amide bonds. The van der Waals surface area contributed by atoms with Crippen LogP contribution in [0.25, 0.3) is 0 Å². The van der Waals surface area contributed by atoms with Gasteiger partial charge in [0.25, 0.3) is 0 Å². The maximum Gasteiger partial charge on any atom is 0.303 e. The largest absolute Gasteiger partial charge is 0.543 e. The summed E-state index contributed by atoms with van der Waals surface area (Å²) in [5.41, 5.74) is 0.578. The molecule has 0 saturated carbocycles. The summed E-state index contributed by atoms with van der Waals surface area (Å²) in [6.07, 6.45) is -5.56. The highest BCUT2D eigenvalue weighted by atomic mass is 28.4. The first-order valence-electron chi connectivity index (χ1n) is 12.1. The van der Waals surface area contributed by atoms with Crippen molar-refractivity contribution in [3.63, 3.8) is 0 Å². The Morgan fingerprint density at radius 3 is 1.89 bits per heavy atom. The first-order chi connectivity index (χ1) is 17.0. The van der Waals surface area contributed by atoms with Crippen LogP contribution in [0.15, 0.2) is 24.3 Å². The molecular weight excluding hydrogens is 500 g/mol. The lowest BCUT2D eigenvalue weighted by molar-refractivity contribution is -0.254. The van der Waals surface area contributed by atoms with Gasteiger partial charge < -0.3 is 28.1 Å². The van der Waals surface area contributed by atoms with Crippen LogP contribution in [0.2, 0.25) is 18.1 Å². The molecule has 2 rings (SSSR count). The molecule has 1 heterocycles. The van der Waals surface area contributed by atoms with Crippen molar-refractivity contribution >= 4 is 32.2 Å². The molecule has 0 aliphatic carbocycles. The lowest BCUT2D eigenvalue weighted by Crippen LogP contribution is -2.59. The van der Waals surface area contributed by atoms with Gasteiger partial charge >= 0.3 is 23.9 Å². The molecule has 1 fully saturated rings. The Morgan fingerprint density at radius 1 is 0.838 bits per heavy atom. The molecule has 1 saturated heterocycles. The van der Waals surface area contributed by atoms with Crippen LogP contribution < -0.4 is 4.43 Å². The highest BCUT2D eigenvalue weighted by molar-refractivity contribution is 6.74. The fourth-order valence-electron chi connectivity index (χ4n) is 3.70. The number of carbonyl (C=O) groups excluding carboxylic acids is 4. The molecule has 206 valence electrons. The number of esters is 4. The van der Waals surface area contributed by atoms with E-state index in [1.807, 2.05) is 6.07 Å². The molecule has 11 heteroatoms. The van der Waals surface area contributed by atoms with Gasteiger partial charge in [0.15, 0.2) is 18.3 Å². The Hall–Kier alpha value is -2.92. The number of benzene rings is 1. The van der Waals surface area contributed by atoms with Gasteiger partial charge in [-0.05, 0) is 35.8 Å². The number of carbonyl (C=O) groups is 4. The van der Waals surface area contributed by atoms with E-state index in [0.717, 1.165) is 0 Å². The molecule has 5 atom stereocenters. The molecule has 0 aromatic heterocycles. The monoisotopic (exact) mass is 538 g/mol. The van der Waals surface area contributed by atoms with Gasteiger partial charge in [-0.3, -0.25) is 19.2 Å². The quantitative estimate of drug-likeness (QED) is 0.274. The predicted molar refractivity (Wildman–Crippen MR) is 135 cm³/mol. The second kappa shape index (κ2) is 12.1. The maximum absolute atomic E-state index is 12.1. The van der Waals surface area contributed by atoms with Gasteiger partial charge in [0, 0.05) is 27.7 Å². The van der Waals surface area contributed by atoms with Crippen molar-refractivity contribution in [2.75, 3.05) is 6.61 Å². The van der Waals surface area contributed by atoms with Crippen LogP contribution in [-0.4, -0.2) is 63.2 Å². The van der Waals surface area contributed by atoms with Crippen LogP contribution in [0.4, 0.5) is 0 Å². The van der Waals surface area contributed by atoms with E-state index in [9.17, 15) is 19.2 Å². The smallest absolute Gasteiger partial charge is 0.303 e. The van der Waals surface area contributed by atoms with Gasteiger partial charge in [-0.1, -0.05) is 32.9 Å². The Bertz CT molecular complexity index is 999. The molecule has 1 aliphatic heterocycles. The molecule has 0 radical (unpaired) electrons. The Labute approximate surface area is 219 Å². The summed E-state index contributed by atoms with van der Waals surface area (Å²) in [7, 11) is -2.18. The van der Waals surface area contributed by atoms with Crippen molar-refractivity contribution in [3.8, 4) is 5.75 Å². The Balaban J connectivity index is 2.58. The Kier molecular flexibility index (Phi) is 9.89. The zero-order chi connectivity index (χ0) is 28.1. The minimum atomic E-state index is -2.18. The van der Waals surface area contributed by atoms with Crippen LogP contribution in [-0.2, 0) is 42.9 Å². The van der Waals surface area contributed by atoms with Crippen molar-refractivity contribution in [1.29, 1.82) is 0 Å². The molecule has 0 N–H and O–H groups in total. The number of hydrogen-bond donors (Lipinski definition) is 0. The lowest BCUT2D eigenvalue weighted by atomic mass is 9.90. The zero-order valence-electron chi connectivity index (χ0n) is 23.0. The summed E-state index contributed by atoms with van der Waals surface area (Å²) in [4.78, 5) is 47.6. The molecule has 37 heavy (non-hydrogen) atoms. The van der Waals surface area contributed by atoms with Crippen LogP contribution in [0, 0.1) is 0 Å². The van der Waals surface area contributed by atoms with Gasteiger partial charge in [0.2, 0.25) is 8.32 Å². The van der Waals surface area contributed by atoms with Gasteiger partial charge in [-0.2, -0.15) is 0 Å². The number of ether oxygens (including phenoxy) is 5. The number of rotatable bonds is 8. The van der Waals surface area contributed by atoms with Gasteiger partial charge in [0.1, 0.15) is 24.6 Å². The molecule has 0 bridgehead atoms. The standard InChI is InChI=1S/C26H38O10Si/c1-15(27)31-14-21-23(32-16(2)28)25(34-18(4)30)24(33-17(3)29)22(35-21)19-11-10-12-20(13-19)36-37(8,9)26(5,6)7/h10-13,21-25H,14H2,1-9H3/t21-,22-,23-,24-,25-/m1/s1. The van der Waals surface area contributed by atoms with Crippen LogP contribution in [0.3, 0.4) is 0 Å². The maximum atomic E-state index is 12.1. The predicted octanol–water partition coefficient (Wildman–Crippen LogP) is 3.87. The van der Waals surface area contributed by atoms with E-state index < -0.39 is 62.7 Å². The molecule has 1 aromatic rings. The fraction of sp³-hybridized carbons (Fsp3) is 0.615. The van der Waals surface area contributed by atoms with Gasteiger partial charge in [-0.15, -0.1) is 0 Å². The average Bonchev–Trinajstić information content (AvgIpc) is 2.73. The summed E-state index contributed by atoms with van der Waals surface area (Å²) >= 11 is 0. The SMILES string of the molecule is CC(=O)OC[C@H]1O[C@H](c2cccc(O[Si](C)(C)C(C)(C)C)c2)[C@@H](OC(C)=O)[C@H](OC(C)=O)[C@@H]1OC(C)=O. The van der Waals surface area contributed by atoms with Crippen molar-refractivity contribution in [2.24, 2.45) is 0 Å². The second-order valence-electron chi connectivity index (χ2n) is 10.6. The van der Waals surface area contributed by atoms with E-state index in [0.29, 0.717) is 11.3 Å².